The van der Waals surface area contributed by atoms with Crippen LogP contribution in [-0.4, -0.2) is 16.9 Å². The number of carbonyl (C=O) groups excluding carboxylic acids is 2. The van der Waals surface area contributed by atoms with E-state index >= 15 is 0 Å². The molecule has 6 heteroatoms. The molecule has 0 fully saturated rings. The van der Waals surface area contributed by atoms with Crippen molar-refractivity contribution in [2.75, 3.05) is 4.90 Å². The molecular weight excluding hydrogens is 384 g/mol. The first-order valence-electron chi connectivity index (χ1n) is 9.08. The van der Waals surface area contributed by atoms with E-state index in [2.05, 4.69) is 4.98 Å². The van der Waals surface area contributed by atoms with Crippen LogP contribution < -0.4 is 4.90 Å². The van der Waals surface area contributed by atoms with Crippen LogP contribution in [0, 0.1) is 0 Å². The smallest absolute Gasteiger partial charge is 0.339 e. The quantitative estimate of drug-likeness (QED) is 0.423. The predicted molar refractivity (Wildman–Crippen MR) is 114 cm³/mol. The number of nitrogens with zero attached hydrogens (tertiary/aromatic N) is 2. The summed E-state index contributed by atoms with van der Waals surface area (Å²) in [6.45, 7) is 1.54. The van der Waals surface area contributed by atoms with Gasteiger partial charge in [0.15, 0.2) is 5.13 Å². The fourth-order valence-electron chi connectivity index (χ4n) is 3.09. The second-order valence-corrected chi connectivity index (χ2v) is 7.25. The minimum atomic E-state index is -0.400. The van der Waals surface area contributed by atoms with Crippen LogP contribution in [0.25, 0.3) is 10.8 Å². The highest BCUT2D eigenvalue weighted by Crippen LogP contribution is 2.29. The Morgan fingerprint density at radius 1 is 0.966 bits per heavy atom. The molecule has 0 aliphatic heterocycles. The highest BCUT2D eigenvalue weighted by molar-refractivity contribution is 7.14. The third-order valence-corrected chi connectivity index (χ3v) is 5.30. The highest BCUT2D eigenvalue weighted by Gasteiger charge is 2.18. The normalized spacial score (nSPS) is 10.7. The Morgan fingerprint density at radius 3 is 2.48 bits per heavy atom. The van der Waals surface area contributed by atoms with Crippen molar-refractivity contribution in [2.24, 2.45) is 0 Å². The van der Waals surface area contributed by atoms with Crippen LogP contribution >= 0.6 is 11.3 Å². The van der Waals surface area contributed by atoms with Gasteiger partial charge in [0.25, 0.3) is 0 Å². The van der Waals surface area contributed by atoms with Gasteiger partial charge in [-0.2, -0.15) is 0 Å². The fraction of sp³-hybridized carbons (Fsp3) is 0.0870. The zero-order valence-corrected chi connectivity index (χ0v) is 16.6. The molecule has 0 bridgehead atoms. The molecule has 4 aromatic rings. The summed E-state index contributed by atoms with van der Waals surface area (Å²) in [5.41, 5.74) is 1.86. The van der Waals surface area contributed by atoms with Gasteiger partial charge >= 0.3 is 5.97 Å². The molecule has 0 saturated heterocycles. The standard InChI is InChI=1S/C23H18N2O3S/c1-16(26)25(19-10-3-2-4-11-19)23-24-18(15-29-23)14-28-22(27)21-13-7-9-17-8-5-6-12-20(17)21/h2-13,15H,14H2,1H3. The summed E-state index contributed by atoms with van der Waals surface area (Å²) in [5, 5.41) is 4.17. The lowest BCUT2D eigenvalue weighted by molar-refractivity contribution is -0.115. The van der Waals surface area contributed by atoms with E-state index in [4.69, 9.17) is 4.74 Å². The highest BCUT2D eigenvalue weighted by atomic mass is 32.1. The third-order valence-electron chi connectivity index (χ3n) is 4.42. The molecule has 0 atom stereocenters. The van der Waals surface area contributed by atoms with Crippen LogP contribution in [0.15, 0.2) is 78.2 Å². The number of para-hydroxylation sites is 1. The zero-order chi connectivity index (χ0) is 20.2. The topological polar surface area (TPSA) is 59.5 Å². The summed E-state index contributed by atoms with van der Waals surface area (Å²) in [5.74, 6) is -0.535. The molecule has 0 aliphatic rings. The number of fused-ring (bicyclic) bond motifs is 1. The van der Waals surface area contributed by atoms with Crippen LogP contribution in [-0.2, 0) is 16.1 Å². The number of hydrogen-bond donors (Lipinski definition) is 0. The maximum absolute atomic E-state index is 12.6. The molecule has 3 aromatic carbocycles. The first-order valence-corrected chi connectivity index (χ1v) is 9.96. The molecule has 0 unspecified atom stereocenters. The number of anilines is 2. The van der Waals surface area contributed by atoms with Crippen LogP contribution in [0.4, 0.5) is 10.8 Å². The maximum Gasteiger partial charge on any atom is 0.339 e. The Labute approximate surface area is 172 Å². The lowest BCUT2D eigenvalue weighted by Gasteiger charge is -2.17. The number of ether oxygens (including phenoxy) is 1. The molecule has 144 valence electrons. The Bertz CT molecular complexity index is 1170. The summed E-state index contributed by atoms with van der Waals surface area (Å²) in [4.78, 5) is 30.8. The summed E-state index contributed by atoms with van der Waals surface area (Å²) in [6, 6.07) is 22.6. The monoisotopic (exact) mass is 402 g/mol. The molecule has 0 spiro atoms. The summed E-state index contributed by atoms with van der Waals surface area (Å²) in [7, 11) is 0. The molecule has 1 heterocycles. The Morgan fingerprint density at radius 2 is 1.69 bits per heavy atom. The number of aromatic nitrogens is 1. The SMILES string of the molecule is CC(=O)N(c1ccccc1)c1nc(COC(=O)c2cccc3ccccc23)cs1. The Hall–Kier alpha value is -3.51. The van der Waals surface area contributed by atoms with E-state index in [9.17, 15) is 9.59 Å². The fourth-order valence-corrected chi connectivity index (χ4v) is 3.96. The van der Waals surface area contributed by atoms with Crippen molar-refractivity contribution in [3.63, 3.8) is 0 Å². The van der Waals surface area contributed by atoms with Gasteiger partial charge in [0.1, 0.15) is 6.61 Å². The number of esters is 1. The molecule has 4 rings (SSSR count). The van der Waals surface area contributed by atoms with E-state index < -0.39 is 5.97 Å². The van der Waals surface area contributed by atoms with E-state index in [1.165, 1.54) is 18.3 Å². The third kappa shape index (κ3) is 4.02. The lowest BCUT2D eigenvalue weighted by Crippen LogP contribution is -2.22. The minimum absolute atomic E-state index is 0.0408. The van der Waals surface area contributed by atoms with E-state index in [1.807, 2.05) is 66.7 Å². The largest absolute Gasteiger partial charge is 0.456 e. The van der Waals surface area contributed by atoms with Gasteiger partial charge in [-0.15, -0.1) is 11.3 Å². The van der Waals surface area contributed by atoms with Gasteiger partial charge in [-0.3, -0.25) is 9.69 Å². The minimum Gasteiger partial charge on any atom is -0.456 e. The molecule has 29 heavy (non-hydrogen) atoms. The lowest BCUT2D eigenvalue weighted by atomic mass is 10.1. The van der Waals surface area contributed by atoms with Gasteiger partial charge in [-0.1, -0.05) is 54.6 Å². The number of benzene rings is 3. The number of carbonyl (C=O) groups is 2. The van der Waals surface area contributed by atoms with Crippen molar-refractivity contribution in [1.29, 1.82) is 0 Å². The summed E-state index contributed by atoms with van der Waals surface area (Å²) in [6.07, 6.45) is 0. The predicted octanol–water partition coefficient (Wildman–Crippen LogP) is 5.34. The molecule has 0 saturated carbocycles. The van der Waals surface area contributed by atoms with E-state index in [0.29, 0.717) is 16.4 Å². The Balaban J connectivity index is 1.51. The van der Waals surface area contributed by atoms with Crippen molar-refractivity contribution in [1.82, 2.24) is 4.98 Å². The van der Waals surface area contributed by atoms with Gasteiger partial charge in [-0.25, -0.2) is 9.78 Å². The first-order chi connectivity index (χ1) is 14.1. The molecular formula is C23H18N2O3S. The van der Waals surface area contributed by atoms with Gasteiger partial charge in [0.2, 0.25) is 5.91 Å². The van der Waals surface area contributed by atoms with E-state index in [-0.39, 0.29) is 12.5 Å². The second kappa shape index (κ2) is 8.24. The van der Waals surface area contributed by atoms with Crippen molar-refractivity contribution in [3.8, 4) is 0 Å². The molecule has 0 N–H and O–H groups in total. The molecule has 0 radical (unpaired) electrons. The molecule has 5 nitrogen and oxygen atoms in total. The maximum atomic E-state index is 12.6. The first kappa shape index (κ1) is 18.8. The summed E-state index contributed by atoms with van der Waals surface area (Å²) >= 11 is 1.33. The van der Waals surface area contributed by atoms with Crippen molar-refractivity contribution >= 4 is 44.8 Å². The van der Waals surface area contributed by atoms with Gasteiger partial charge in [-0.05, 0) is 29.0 Å². The zero-order valence-electron chi connectivity index (χ0n) is 15.7. The number of thiazole rings is 1. The van der Waals surface area contributed by atoms with Crippen LogP contribution in [0.5, 0.6) is 0 Å². The Kier molecular flexibility index (Phi) is 5.35. The van der Waals surface area contributed by atoms with E-state index in [1.54, 1.807) is 16.3 Å². The van der Waals surface area contributed by atoms with E-state index in [0.717, 1.165) is 16.5 Å². The number of rotatable bonds is 5. The number of amides is 1. The summed E-state index contributed by atoms with van der Waals surface area (Å²) < 4.78 is 5.48. The average molecular weight is 402 g/mol. The second-order valence-electron chi connectivity index (χ2n) is 6.41. The molecule has 0 aliphatic carbocycles. The van der Waals surface area contributed by atoms with Crippen LogP contribution in [0.2, 0.25) is 0 Å². The van der Waals surface area contributed by atoms with Crippen molar-refractivity contribution in [2.45, 2.75) is 13.5 Å². The van der Waals surface area contributed by atoms with Crippen LogP contribution in [0.1, 0.15) is 23.0 Å². The van der Waals surface area contributed by atoms with Crippen molar-refractivity contribution in [3.05, 3.63) is 89.4 Å². The van der Waals surface area contributed by atoms with Gasteiger partial charge < -0.3 is 4.74 Å². The van der Waals surface area contributed by atoms with Gasteiger partial charge in [0.05, 0.1) is 16.9 Å². The molecule has 1 aromatic heterocycles. The van der Waals surface area contributed by atoms with Crippen LogP contribution in [0.3, 0.4) is 0 Å². The average Bonchev–Trinajstić information content (AvgIpc) is 3.20. The molecule has 1 amide bonds. The van der Waals surface area contributed by atoms with Gasteiger partial charge in [0, 0.05) is 12.3 Å². The van der Waals surface area contributed by atoms with Crippen molar-refractivity contribution < 1.29 is 14.3 Å². The number of hydrogen-bond acceptors (Lipinski definition) is 5.